The minimum atomic E-state index is -0.415. The van der Waals surface area contributed by atoms with Gasteiger partial charge in [-0.05, 0) is 48.6 Å². The normalized spacial score (nSPS) is 19.3. The molecule has 2 aliphatic rings. The molecule has 0 fully saturated rings. The van der Waals surface area contributed by atoms with Gasteiger partial charge >= 0.3 is 0 Å². The van der Waals surface area contributed by atoms with Crippen molar-refractivity contribution >= 4 is 5.69 Å². The van der Waals surface area contributed by atoms with Gasteiger partial charge < -0.3 is 10.4 Å². The summed E-state index contributed by atoms with van der Waals surface area (Å²) in [5.41, 5.74) is 7.33. The van der Waals surface area contributed by atoms with Gasteiger partial charge in [-0.15, -0.1) is 0 Å². The molecule has 3 heterocycles. The van der Waals surface area contributed by atoms with Gasteiger partial charge in [-0.25, -0.2) is 9.97 Å². The third kappa shape index (κ3) is 2.87. The second-order valence-corrected chi connectivity index (χ2v) is 8.51. The van der Waals surface area contributed by atoms with Crippen LogP contribution in [0.3, 0.4) is 0 Å². The maximum Gasteiger partial charge on any atom is 0.134 e. The summed E-state index contributed by atoms with van der Waals surface area (Å²) in [6.07, 6.45) is 5.70. The number of anilines is 1. The van der Waals surface area contributed by atoms with E-state index in [4.69, 9.17) is 4.98 Å². The molecule has 5 rings (SSSR count). The van der Waals surface area contributed by atoms with Crippen LogP contribution in [-0.2, 0) is 31.7 Å². The Kier molecular flexibility index (Phi) is 4.33. The van der Waals surface area contributed by atoms with E-state index in [9.17, 15) is 10.4 Å². The number of aryl methyl sites for hydroxylation is 2. The molecule has 1 unspecified atom stereocenters. The molecule has 0 spiro atoms. The van der Waals surface area contributed by atoms with Crippen molar-refractivity contribution in [3.63, 3.8) is 0 Å². The number of nitriles is 1. The van der Waals surface area contributed by atoms with Crippen molar-refractivity contribution < 1.29 is 5.11 Å². The van der Waals surface area contributed by atoms with Crippen LogP contribution in [0.5, 0.6) is 0 Å². The fourth-order valence-corrected chi connectivity index (χ4v) is 4.67. The first-order valence-corrected chi connectivity index (χ1v) is 10.3. The van der Waals surface area contributed by atoms with E-state index in [0.717, 1.165) is 47.6 Å². The van der Waals surface area contributed by atoms with Gasteiger partial charge in [0, 0.05) is 42.9 Å². The lowest BCUT2D eigenvalue weighted by molar-refractivity contribution is 0.219. The molecule has 1 atom stereocenters. The SMILES string of the molecule is Cn1nc2c(c1Cc1nccc(-c3cc(C#N)c4c(c3)C(C)(CO)CN4)n1)CCC2. The summed E-state index contributed by atoms with van der Waals surface area (Å²) in [6.45, 7) is 2.63. The van der Waals surface area contributed by atoms with Crippen molar-refractivity contribution in [2.45, 2.75) is 38.0 Å². The molecule has 0 bridgehead atoms. The molecule has 7 heteroatoms. The number of aliphatic hydroxyl groups is 1. The minimum Gasteiger partial charge on any atom is -0.395 e. The number of nitrogens with zero attached hydrogens (tertiary/aromatic N) is 5. The molecule has 2 aromatic heterocycles. The molecule has 0 amide bonds. The Morgan fingerprint density at radius 2 is 2.20 bits per heavy atom. The van der Waals surface area contributed by atoms with E-state index in [0.29, 0.717) is 18.5 Å². The number of aliphatic hydroxyl groups excluding tert-OH is 1. The lowest BCUT2D eigenvalue weighted by Crippen LogP contribution is -2.28. The predicted molar refractivity (Wildman–Crippen MR) is 113 cm³/mol. The van der Waals surface area contributed by atoms with Gasteiger partial charge in [-0.3, -0.25) is 4.68 Å². The maximum absolute atomic E-state index is 9.93. The van der Waals surface area contributed by atoms with E-state index in [2.05, 4.69) is 21.5 Å². The highest BCUT2D eigenvalue weighted by Crippen LogP contribution is 2.41. The number of hydrogen-bond acceptors (Lipinski definition) is 6. The van der Waals surface area contributed by atoms with Crippen molar-refractivity contribution in [1.82, 2.24) is 19.7 Å². The van der Waals surface area contributed by atoms with Crippen LogP contribution in [0.4, 0.5) is 5.69 Å². The van der Waals surface area contributed by atoms with Crippen LogP contribution in [0.2, 0.25) is 0 Å². The van der Waals surface area contributed by atoms with Crippen LogP contribution >= 0.6 is 0 Å². The molecule has 1 aliphatic carbocycles. The van der Waals surface area contributed by atoms with Gasteiger partial charge in [-0.1, -0.05) is 6.92 Å². The van der Waals surface area contributed by atoms with Gasteiger partial charge in [0.25, 0.3) is 0 Å². The number of benzene rings is 1. The first kappa shape index (κ1) is 18.8. The Hall–Kier alpha value is -3.24. The lowest BCUT2D eigenvalue weighted by atomic mass is 9.83. The van der Waals surface area contributed by atoms with Gasteiger partial charge in [0.15, 0.2) is 0 Å². The number of hydrogen-bond donors (Lipinski definition) is 2. The number of rotatable bonds is 4. The highest BCUT2D eigenvalue weighted by atomic mass is 16.3. The average Bonchev–Trinajstić information content (AvgIpc) is 3.43. The van der Waals surface area contributed by atoms with E-state index in [1.807, 2.05) is 36.9 Å². The Balaban J connectivity index is 1.54. The van der Waals surface area contributed by atoms with Gasteiger partial charge in [0.05, 0.1) is 29.2 Å². The summed E-state index contributed by atoms with van der Waals surface area (Å²) >= 11 is 0. The van der Waals surface area contributed by atoms with E-state index < -0.39 is 5.41 Å². The van der Waals surface area contributed by atoms with Crippen molar-refractivity contribution in [2.75, 3.05) is 18.5 Å². The number of aromatic nitrogens is 4. The molecule has 1 aromatic carbocycles. The number of fused-ring (bicyclic) bond motifs is 2. The summed E-state index contributed by atoms with van der Waals surface area (Å²) < 4.78 is 1.96. The average molecular weight is 400 g/mol. The molecule has 30 heavy (non-hydrogen) atoms. The quantitative estimate of drug-likeness (QED) is 0.698. The van der Waals surface area contributed by atoms with E-state index in [1.165, 1.54) is 17.0 Å². The van der Waals surface area contributed by atoms with Gasteiger partial charge in [-0.2, -0.15) is 10.4 Å². The van der Waals surface area contributed by atoms with E-state index in [1.54, 1.807) is 6.20 Å². The molecule has 152 valence electrons. The summed E-state index contributed by atoms with van der Waals surface area (Å²) in [6, 6.07) is 8.07. The zero-order chi connectivity index (χ0) is 20.9. The van der Waals surface area contributed by atoms with Crippen molar-refractivity contribution in [3.8, 4) is 17.3 Å². The Morgan fingerprint density at radius 1 is 1.33 bits per heavy atom. The van der Waals surface area contributed by atoms with Crippen LogP contribution in [-0.4, -0.2) is 38.0 Å². The molecule has 0 radical (unpaired) electrons. The van der Waals surface area contributed by atoms with Crippen molar-refractivity contribution in [3.05, 3.63) is 58.3 Å². The largest absolute Gasteiger partial charge is 0.395 e. The molecule has 1 aliphatic heterocycles. The zero-order valence-electron chi connectivity index (χ0n) is 17.2. The summed E-state index contributed by atoms with van der Waals surface area (Å²) in [7, 11) is 1.99. The van der Waals surface area contributed by atoms with E-state index in [-0.39, 0.29) is 6.61 Å². The van der Waals surface area contributed by atoms with Crippen LogP contribution in [0.25, 0.3) is 11.3 Å². The highest BCUT2D eigenvalue weighted by molar-refractivity contribution is 5.76. The minimum absolute atomic E-state index is 0.0158. The molecule has 2 N–H and O–H groups in total. The second kappa shape index (κ2) is 6.92. The second-order valence-electron chi connectivity index (χ2n) is 8.51. The number of nitrogens with one attached hydrogen (secondary N) is 1. The third-order valence-electron chi connectivity index (χ3n) is 6.44. The smallest absolute Gasteiger partial charge is 0.134 e. The molecule has 7 nitrogen and oxygen atoms in total. The third-order valence-corrected chi connectivity index (χ3v) is 6.44. The lowest BCUT2D eigenvalue weighted by Gasteiger charge is -2.21. The zero-order valence-corrected chi connectivity index (χ0v) is 17.2. The van der Waals surface area contributed by atoms with Crippen LogP contribution in [0.15, 0.2) is 24.4 Å². The van der Waals surface area contributed by atoms with Crippen LogP contribution in [0, 0.1) is 11.3 Å². The maximum atomic E-state index is 9.93. The van der Waals surface area contributed by atoms with Crippen molar-refractivity contribution in [2.24, 2.45) is 7.05 Å². The molecule has 0 saturated heterocycles. The highest BCUT2D eigenvalue weighted by Gasteiger charge is 2.36. The Bertz CT molecular complexity index is 1190. The fraction of sp³-hybridized carbons (Fsp3) is 0.391. The monoisotopic (exact) mass is 400 g/mol. The van der Waals surface area contributed by atoms with Gasteiger partial charge in [0.2, 0.25) is 0 Å². The first-order chi connectivity index (χ1) is 14.5. The topological polar surface area (TPSA) is 99.7 Å². The first-order valence-electron chi connectivity index (χ1n) is 10.3. The summed E-state index contributed by atoms with van der Waals surface area (Å²) in [5.74, 6) is 0.743. The van der Waals surface area contributed by atoms with Gasteiger partial charge in [0.1, 0.15) is 11.9 Å². The molecule has 3 aromatic rings. The molecule has 0 saturated carbocycles. The molecular weight excluding hydrogens is 376 g/mol. The predicted octanol–water partition coefficient (Wildman–Crippen LogP) is 2.50. The van der Waals surface area contributed by atoms with Crippen LogP contribution in [0.1, 0.15) is 47.2 Å². The van der Waals surface area contributed by atoms with Crippen molar-refractivity contribution in [1.29, 1.82) is 5.26 Å². The van der Waals surface area contributed by atoms with Crippen LogP contribution < -0.4 is 5.32 Å². The summed E-state index contributed by atoms with van der Waals surface area (Å²) in [4.78, 5) is 9.31. The fourth-order valence-electron chi connectivity index (χ4n) is 4.67. The Labute approximate surface area is 175 Å². The Morgan fingerprint density at radius 3 is 3.00 bits per heavy atom. The summed E-state index contributed by atoms with van der Waals surface area (Å²) in [5, 5.41) is 27.5. The standard InChI is InChI=1S/C23H24N6O/c1-23(13-30)12-26-22-15(11-24)8-14(9-17(22)23)18-6-7-25-21(27-18)10-20-16-4-3-5-19(16)28-29(20)2/h6-9,26,30H,3-5,10,12-13H2,1-2H3. The molecular formula is C23H24N6O. The van der Waals surface area contributed by atoms with E-state index >= 15 is 0 Å².